The largest absolute Gasteiger partial charge is 0.449 e. The quantitative estimate of drug-likeness (QED) is 0.811. The van der Waals surface area contributed by atoms with Crippen molar-refractivity contribution in [3.63, 3.8) is 0 Å². The van der Waals surface area contributed by atoms with E-state index in [1.54, 1.807) is 6.92 Å². The molecule has 0 aliphatic rings. The summed E-state index contributed by atoms with van der Waals surface area (Å²) in [6, 6.07) is 8.13. The fourth-order valence-electron chi connectivity index (χ4n) is 1.39. The molecule has 0 spiro atoms. The standard InChI is InChI=1S/C13H18N2O3S/c1-3-18-13(17)15-14-12(16)9-19-8-11-6-4-5-10(2)7-11/h4-7H,3,8-9H2,1-2H3,(H,14,16)(H,15,17). The minimum absolute atomic E-state index is 0.259. The first-order valence-electron chi connectivity index (χ1n) is 5.96. The molecule has 0 aromatic heterocycles. The van der Waals surface area contributed by atoms with E-state index in [4.69, 9.17) is 0 Å². The first-order valence-corrected chi connectivity index (χ1v) is 7.12. The summed E-state index contributed by atoms with van der Waals surface area (Å²) in [6.07, 6.45) is -0.653. The van der Waals surface area contributed by atoms with Gasteiger partial charge in [-0.3, -0.25) is 10.2 Å². The average Bonchev–Trinajstić information content (AvgIpc) is 2.37. The van der Waals surface area contributed by atoms with Gasteiger partial charge in [0.05, 0.1) is 12.4 Å². The van der Waals surface area contributed by atoms with Crippen molar-refractivity contribution in [1.82, 2.24) is 10.9 Å². The molecule has 0 atom stereocenters. The number of benzene rings is 1. The number of rotatable bonds is 5. The lowest BCUT2D eigenvalue weighted by atomic mass is 10.2. The molecule has 0 heterocycles. The Morgan fingerprint density at radius 2 is 2.11 bits per heavy atom. The summed E-state index contributed by atoms with van der Waals surface area (Å²) in [6.45, 7) is 3.99. The van der Waals surface area contributed by atoms with Crippen LogP contribution in [-0.4, -0.2) is 24.4 Å². The molecule has 0 unspecified atom stereocenters. The van der Waals surface area contributed by atoms with Gasteiger partial charge in [0, 0.05) is 5.75 Å². The summed E-state index contributed by atoms with van der Waals surface area (Å²) in [5.74, 6) is 0.778. The van der Waals surface area contributed by atoms with E-state index in [1.807, 2.05) is 25.1 Å². The van der Waals surface area contributed by atoms with Crippen molar-refractivity contribution < 1.29 is 14.3 Å². The number of carbonyl (C=O) groups is 2. The molecule has 0 aliphatic carbocycles. The van der Waals surface area contributed by atoms with E-state index in [1.165, 1.54) is 22.9 Å². The van der Waals surface area contributed by atoms with E-state index in [0.29, 0.717) is 0 Å². The van der Waals surface area contributed by atoms with Crippen molar-refractivity contribution >= 4 is 23.8 Å². The molecule has 0 saturated heterocycles. The number of hydrogen-bond donors (Lipinski definition) is 2. The molecule has 2 N–H and O–H groups in total. The van der Waals surface area contributed by atoms with Gasteiger partial charge in [-0.25, -0.2) is 10.2 Å². The molecule has 2 amide bonds. The van der Waals surface area contributed by atoms with Crippen LogP contribution in [-0.2, 0) is 15.3 Å². The lowest BCUT2D eigenvalue weighted by Gasteiger charge is -2.07. The number of ether oxygens (including phenoxy) is 1. The van der Waals surface area contributed by atoms with Gasteiger partial charge in [-0.1, -0.05) is 29.8 Å². The highest BCUT2D eigenvalue weighted by Crippen LogP contribution is 2.12. The molecule has 1 rings (SSSR count). The number of carbonyl (C=O) groups excluding carboxylic acids is 2. The Bertz CT molecular complexity index is 438. The van der Waals surface area contributed by atoms with Crippen molar-refractivity contribution in [3.05, 3.63) is 35.4 Å². The van der Waals surface area contributed by atoms with Gasteiger partial charge in [-0.05, 0) is 19.4 Å². The number of aryl methyl sites for hydroxylation is 1. The van der Waals surface area contributed by atoms with Crippen LogP contribution in [0.2, 0.25) is 0 Å². The second kappa shape index (κ2) is 8.42. The van der Waals surface area contributed by atoms with Crippen LogP contribution in [0.5, 0.6) is 0 Å². The molecular weight excluding hydrogens is 264 g/mol. The molecule has 5 nitrogen and oxygen atoms in total. The Kier molecular flexibility index (Phi) is 6.81. The molecule has 0 fully saturated rings. The second-order valence-electron chi connectivity index (χ2n) is 3.88. The maximum atomic E-state index is 11.4. The minimum Gasteiger partial charge on any atom is -0.449 e. The van der Waals surface area contributed by atoms with E-state index in [9.17, 15) is 9.59 Å². The minimum atomic E-state index is -0.653. The Morgan fingerprint density at radius 3 is 2.79 bits per heavy atom. The van der Waals surface area contributed by atoms with Crippen LogP contribution < -0.4 is 10.9 Å². The molecular formula is C13H18N2O3S. The van der Waals surface area contributed by atoms with Crippen molar-refractivity contribution in [2.45, 2.75) is 19.6 Å². The van der Waals surface area contributed by atoms with Crippen LogP contribution in [0.1, 0.15) is 18.1 Å². The molecule has 0 saturated carbocycles. The molecule has 0 radical (unpaired) electrons. The van der Waals surface area contributed by atoms with Crippen molar-refractivity contribution in [2.75, 3.05) is 12.4 Å². The molecule has 19 heavy (non-hydrogen) atoms. The lowest BCUT2D eigenvalue weighted by molar-refractivity contribution is -0.119. The van der Waals surface area contributed by atoms with Crippen LogP contribution in [0.15, 0.2) is 24.3 Å². The fourth-order valence-corrected chi connectivity index (χ4v) is 2.16. The Labute approximate surface area is 117 Å². The summed E-state index contributed by atoms with van der Waals surface area (Å²) < 4.78 is 4.61. The summed E-state index contributed by atoms with van der Waals surface area (Å²) in [4.78, 5) is 22.3. The Hall–Kier alpha value is -1.69. The Morgan fingerprint density at radius 1 is 1.32 bits per heavy atom. The highest BCUT2D eigenvalue weighted by atomic mass is 32.2. The van der Waals surface area contributed by atoms with Crippen molar-refractivity contribution in [2.24, 2.45) is 0 Å². The molecule has 1 aromatic rings. The third-order valence-corrected chi connectivity index (χ3v) is 3.17. The predicted octanol–water partition coefficient (Wildman–Crippen LogP) is 2.01. The number of thioether (sulfide) groups is 1. The molecule has 6 heteroatoms. The summed E-state index contributed by atoms with van der Waals surface area (Å²) in [5, 5.41) is 0. The van der Waals surface area contributed by atoms with Crippen LogP contribution in [0.25, 0.3) is 0 Å². The van der Waals surface area contributed by atoms with Crippen LogP contribution in [0, 0.1) is 6.92 Å². The maximum absolute atomic E-state index is 11.4. The highest BCUT2D eigenvalue weighted by Gasteiger charge is 2.04. The first kappa shape index (κ1) is 15.4. The summed E-state index contributed by atoms with van der Waals surface area (Å²) in [5.41, 5.74) is 6.83. The number of amides is 2. The first-order chi connectivity index (χ1) is 9.11. The number of hydrogen-bond acceptors (Lipinski definition) is 4. The molecule has 104 valence electrons. The van der Waals surface area contributed by atoms with Gasteiger partial charge in [-0.2, -0.15) is 0 Å². The smallest absolute Gasteiger partial charge is 0.426 e. The van der Waals surface area contributed by atoms with E-state index in [-0.39, 0.29) is 18.3 Å². The van der Waals surface area contributed by atoms with Crippen molar-refractivity contribution in [1.29, 1.82) is 0 Å². The van der Waals surface area contributed by atoms with Gasteiger partial charge in [0.25, 0.3) is 0 Å². The zero-order valence-corrected chi connectivity index (χ0v) is 11.9. The SMILES string of the molecule is CCOC(=O)NNC(=O)CSCc1cccc(C)c1. The van der Waals surface area contributed by atoms with E-state index in [0.717, 1.165) is 5.75 Å². The van der Waals surface area contributed by atoms with Crippen LogP contribution in [0.3, 0.4) is 0 Å². The van der Waals surface area contributed by atoms with Gasteiger partial charge in [0.15, 0.2) is 0 Å². The summed E-state index contributed by atoms with van der Waals surface area (Å²) >= 11 is 1.48. The van der Waals surface area contributed by atoms with Crippen LogP contribution >= 0.6 is 11.8 Å². The Balaban J connectivity index is 2.18. The zero-order valence-electron chi connectivity index (χ0n) is 11.1. The highest BCUT2D eigenvalue weighted by molar-refractivity contribution is 7.99. The zero-order chi connectivity index (χ0) is 14.1. The number of nitrogens with one attached hydrogen (secondary N) is 2. The maximum Gasteiger partial charge on any atom is 0.426 e. The van der Waals surface area contributed by atoms with Gasteiger partial charge >= 0.3 is 6.09 Å². The van der Waals surface area contributed by atoms with E-state index < -0.39 is 6.09 Å². The van der Waals surface area contributed by atoms with Gasteiger partial charge in [-0.15, -0.1) is 11.8 Å². The van der Waals surface area contributed by atoms with Crippen molar-refractivity contribution in [3.8, 4) is 0 Å². The van der Waals surface area contributed by atoms with Gasteiger partial charge < -0.3 is 4.74 Å². The lowest BCUT2D eigenvalue weighted by Crippen LogP contribution is -2.42. The van der Waals surface area contributed by atoms with Crippen LogP contribution in [0.4, 0.5) is 4.79 Å². The predicted molar refractivity (Wildman–Crippen MR) is 75.6 cm³/mol. The topological polar surface area (TPSA) is 67.4 Å². The normalized spacial score (nSPS) is 9.79. The second-order valence-corrected chi connectivity index (χ2v) is 4.86. The van der Waals surface area contributed by atoms with E-state index in [2.05, 4.69) is 21.7 Å². The molecule has 1 aromatic carbocycles. The molecule has 0 aliphatic heterocycles. The van der Waals surface area contributed by atoms with E-state index >= 15 is 0 Å². The van der Waals surface area contributed by atoms with Gasteiger partial charge in [0.2, 0.25) is 5.91 Å². The third-order valence-electron chi connectivity index (χ3n) is 2.16. The fraction of sp³-hybridized carbons (Fsp3) is 0.385. The monoisotopic (exact) mass is 282 g/mol. The average molecular weight is 282 g/mol. The van der Waals surface area contributed by atoms with Gasteiger partial charge in [0.1, 0.15) is 0 Å². The molecule has 0 bridgehead atoms. The summed E-state index contributed by atoms with van der Waals surface area (Å²) in [7, 11) is 0. The number of hydrazine groups is 1. The third kappa shape index (κ3) is 6.71.